The smallest absolute Gasteiger partial charge is 0.251 e. The minimum Gasteiger partial charge on any atom is -0.497 e. The molecule has 0 saturated heterocycles. The van der Waals surface area contributed by atoms with Crippen LogP contribution in [0.25, 0.3) is 0 Å². The summed E-state index contributed by atoms with van der Waals surface area (Å²) in [4.78, 5) is 12.8. The molecule has 0 unspecified atom stereocenters. The molecule has 0 fully saturated rings. The van der Waals surface area contributed by atoms with Crippen LogP contribution in [-0.4, -0.2) is 24.7 Å². The molecule has 5 heteroatoms. The molecule has 2 aromatic rings. The monoisotopic (exact) mass is 277 g/mol. The third-order valence-corrected chi connectivity index (χ3v) is 3.63. The standard InChI is InChI=1S/C14H15NO3S/c1-18-11-5-2-4-10(8-11)14(17)15-9-12(16)13-6-3-7-19-13/h2-8,12,16H,9H2,1H3,(H,15,17)/t12-/m1/s1. The number of aliphatic hydroxyl groups excluding tert-OH is 1. The molecule has 100 valence electrons. The van der Waals surface area contributed by atoms with Crippen molar-refractivity contribution in [2.75, 3.05) is 13.7 Å². The molecule has 1 aromatic carbocycles. The number of carbonyl (C=O) groups excluding carboxylic acids is 1. The fraction of sp³-hybridized carbons (Fsp3) is 0.214. The molecule has 1 aromatic heterocycles. The maximum Gasteiger partial charge on any atom is 0.251 e. The molecule has 1 amide bonds. The van der Waals surface area contributed by atoms with Gasteiger partial charge in [0.05, 0.1) is 7.11 Å². The maximum absolute atomic E-state index is 11.9. The highest BCUT2D eigenvalue weighted by Gasteiger charge is 2.11. The van der Waals surface area contributed by atoms with Gasteiger partial charge in [0.2, 0.25) is 0 Å². The Morgan fingerprint density at radius 1 is 1.42 bits per heavy atom. The Balaban J connectivity index is 1.94. The van der Waals surface area contributed by atoms with Crippen molar-refractivity contribution in [2.45, 2.75) is 6.10 Å². The second kappa shape index (κ2) is 6.36. The summed E-state index contributed by atoms with van der Waals surface area (Å²) in [5.74, 6) is 0.404. The molecule has 0 aliphatic carbocycles. The predicted molar refractivity (Wildman–Crippen MR) is 74.6 cm³/mol. The van der Waals surface area contributed by atoms with Crippen molar-refractivity contribution in [3.05, 3.63) is 52.2 Å². The van der Waals surface area contributed by atoms with E-state index in [1.165, 1.54) is 11.3 Å². The molecule has 19 heavy (non-hydrogen) atoms. The van der Waals surface area contributed by atoms with Crippen molar-refractivity contribution in [3.63, 3.8) is 0 Å². The first-order valence-electron chi connectivity index (χ1n) is 5.84. The predicted octanol–water partition coefficient (Wildman–Crippen LogP) is 2.22. The van der Waals surface area contributed by atoms with Crippen molar-refractivity contribution in [2.24, 2.45) is 0 Å². The number of rotatable bonds is 5. The summed E-state index contributed by atoms with van der Waals surface area (Å²) >= 11 is 1.46. The van der Waals surface area contributed by atoms with Gasteiger partial charge >= 0.3 is 0 Å². The van der Waals surface area contributed by atoms with Gasteiger partial charge in [0.1, 0.15) is 11.9 Å². The van der Waals surface area contributed by atoms with E-state index in [2.05, 4.69) is 5.32 Å². The van der Waals surface area contributed by atoms with Gasteiger partial charge in [-0.25, -0.2) is 0 Å². The van der Waals surface area contributed by atoms with Crippen LogP contribution in [0.15, 0.2) is 41.8 Å². The number of benzene rings is 1. The molecule has 0 aliphatic heterocycles. The summed E-state index contributed by atoms with van der Waals surface area (Å²) in [6.45, 7) is 0.191. The first kappa shape index (κ1) is 13.6. The van der Waals surface area contributed by atoms with Crippen LogP contribution in [-0.2, 0) is 0 Å². The van der Waals surface area contributed by atoms with E-state index in [-0.39, 0.29) is 12.5 Å². The lowest BCUT2D eigenvalue weighted by molar-refractivity contribution is 0.0917. The number of ether oxygens (including phenoxy) is 1. The normalized spacial score (nSPS) is 11.9. The van der Waals surface area contributed by atoms with Crippen LogP contribution >= 0.6 is 11.3 Å². The molecule has 0 bridgehead atoms. The summed E-state index contributed by atoms with van der Waals surface area (Å²) < 4.78 is 5.06. The number of amides is 1. The molecular formula is C14H15NO3S. The first-order chi connectivity index (χ1) is 9.20. The number of methoxy groups -OCH3 is 1. The highest BCUT2D eigenvalue weighted by molar-refractivity contribution is 7.10. The first-order valence-corrected chi connectivity index (χ1v) is 6.72. The number of hydrogen-bond acceptors (Lipinski definition) is 4. The molecule has 2 rings (SSSR count). The molecule has 0 saturated carbocycles. The number of hydrogen-bond donors (Lipinski definition) is 2. The van der Waals surface area contributed by atoms with E-state index in [1.54, 1.807) is 31.4 Å². The lowest BCUT2D eigenvalue weighted by atomic mass is 10.2. The van der Waals surface area contributed by atoms with Gasteiger partial charge in [-0.05, 0) is 29.6 Å². The summed E-state index contributed by atoms with van der Waals surface area (Å²) in [7, 11) is 1.55. The van der Waals surface area contributed by atoms with E-state index >= 15 is 0 Å². The Labute approximate surface area is 115 Å². The average molecular weight is 277 g/mol. The average Bonchev–Trinajstić information content (AvgIpc) is 2.98. The van der Waals surface area contributed by atoms with Crippen LogP contribution in [0.2, 0.25) is 0 Å². The summed E-state index contributed by atoms with van der Waals surface area (Å²) in [6.07, 6.45) is -0.672. The second-order valence-electron chi connectivity index (χ2n) is 3.97. The van der Waals surface area contributed by atoms with Crippen LogP contribution in [0.4, 0.5) is 0 Å². The van der Waals surface area contributed by atoms with E-state index in [0.29, 0.717) is 11.3 Å². The van der Waals surface area contributed by atoms with Crippen LogP contribution in [0.3, 0.4) is 0 Å². The third-order valence-electron chi connectivity index (χ3n) is 2.66. The SMILES string of the molecule is COc1cccc(C(=O)NC[C@@H](O)c2cccs2)c1. The number of thiophene rings is 1. The van der Waals surface area contributed by atoms with Gasteiger partial charge < -0.3 is 15.2 Å². The van der Waals surface area contributed by atoms with Crippen molar-refractivity contribution in [1.29, 1.82) is 0 Å². The topological polar surface area (TPSA) is 58.6 Å². The molecule has 1 heterocycles. The van der Waals surface area contributed by atoms with Gasteiger partial charge in [0.25, 0.3) is 5.91 Å². The zero-order valence-corrected chi connectivity index (χ0v) is 11.3. The number of aliphatic hydroxyl groups is 1. The van der Waals surface area contributed by atoms with Gasteiger partial charge in [-0.1, -0.05) is 12.1 Å². The van der Waals surface area contributed by atoms with E-state index in [9.17, 15) is 9.90 Å². The lowest BCUT2D eigenvalue weighted by Crippen LogP contribution is -2.28. The number of nitrogens with one attached hydrogen (secondary N) is 1. The van der Waals surface area contributed by atoms with Crippen molar-refractivity contribution in [1.82, 2.24) is 5.32 Å². The van der Waals surface area contributed by atoms with E-state index < -0.39 is 6.10 Å². The van der Waals surface area contributed by atoms with E-state index in [0.717, 1.165) is 4.88 Å². The van der Waals surface area contributed by atoms with Crippen LogP contribution in [0, 0.1) is 0 Å². The molecule has 1 atom stereocenters. The lowest BCUT2D eigenvalue weighted by Gasteiger charge is -2.10. The molecule has 0 spiro atoms. The Kier molecular flexibility index (Phi) is 4.54. The van der Waals surface area contributed by atoms with Crippen molar-refractivity contribution >= 4 is 17.2 Å². The Morgan fingerprint density at radius 3 is 2.95 bits per heavy atom. The highest BCUT2D eigenvalue weighted by Crippen LogP contribution is 2.18. The summed E-state index contributed by atoms with van der Waals surface area (Å²) in [5, 5.41) is 14.5. The van der Waals surface area contributed by atoms with Gasteiger partial charge in [-0.2, -0.15) is 0 Å². The van der Waals surface area contributed by atoms with E-state index in [1.807, 2.05) is 17.5 Å². The number of carbonyl (C=O) groups is 1. The second-order valence-corrected chi connectivity index (χ2v) is 4.95. The van der Waals surface area contributed by atoms with E-state index in [4.69, 9.17) is 4.74 Å². The Bertz CT molecular complexity index is 539. The van der Waals surface area contributed by atoms with Crippen LogP contribution in [0.5, 0.6) is 5.75 Å². The van der Waals surface area contributed by atoms with Gasteiger partial charge in [-0.3, -0.25) is 4.79 Å². The van der Waals surface area contributed by atoms with Gasteiger partial charge in [0, 0.05) is 17.0 Å². The third kappa shape index (κ3) is 3.56. The van der Waals surface area contributed by atoms with Crippen molar-refractivity contribution < 1.29 is 14.6 Å². The minimum absolute atomic E-state index is 0.191. The zero-order valence-electron chi connectivity index (χ0n) is 10.5. The Morgan fingerprint density at radius 2 is 2.26 bits per heavy atom. The van der Waals surface area contributed by atoms with Crippen LogP contribution in [0.1, 0.15) is 21.3 Å². The van der Waals surface area contributed by atoms with Crippen molar-refractivity contribution in [3.8, 4) is 5.75 Å². The molecule has 2 N–H and O–H groups in total. The largest absolute Gasteiger partial charge is 0.497 e. The minimum atomic E-state index is -0.672. The van der Waals surface area contributed by atoms with Gasteiger partial charge in [-0.15, -0.1) is 11.3 Å². The molecule has 0 aliphatic rings. The zero-order chi connectivity index (χ0) is 13.7. The molecule has 4 nitrogen and oxygen atoms in total. The maximum atomic E-state index is 11.9. The highest BCUT2D eigenvalue weighted by atomic mass is 32.1. The van der Waals surface area contributed by atoms with Crippen LogP contribution < -0.4 is 10.1 Å². The Hall–Kier alpha value is -1.85. The fourth-order valence-corrected chi connectivity index (χ4v) is 2.35. The quantitative estimate of drug-likeness (QED) is 0.881. The fourth-order valence-electron chi connectivity index (χ4n) is 1.64. The summed E-state index contributed by atoms with van der Waals surface area (Å²) in [6, 6.07) is 10.6. The molecular weight excluding hydrogens is 262 g/mol. The van der Waals surface area contributed by atoms with Gasteiger partial charge in [0.15, 0.2) is 0 Å². The molecule has 0 radical (unpaired) electrons. The summed E-state index contributed by atoms with van der Waals surface area (Å²) in [5.41, 5.74) is 0.512.